The van der Waals surface area contributed by atoms with Crippen LogP contribution < -0.4 is 10.6 Å². The van der Waals surface area contributed by atoms with Crippen molar-refractivity contribution in [3.63, 3.8) is 0 Å². The van der Waals surface area contributed by atoms with Crippen molar-refractivity contribution in [2.75, 3.05) is 17.7 Å². The van der Waals surface area contributed by atoms with Gasteiger partial charge in [0.1, 0.15) is 5.00 Å². The van der Waals surface area contributed by atoms with E-state index in [9.17, 15) is 14.4 Å². The lowest BCUT2D eigenvalue weighted by Gasteiger charge is -2.13. The summed E-state index contributed by atoms with van der Waals surface area (Å²) in [4.78, 5) is 39.2. The highest BCUT2D eigenvalue weighted by Crippen LogP contribution is 2.38. The Hall–Kier alpha value is -2.03. The van der Waals surface area contributed by atoms with Crippen molar-refractivity contribution < 1.29 is 19.1 Å². The van der Waals surface area contributed by atoms with E-state index in [2.05, 4.69) is 10.6 Å². The van der Waals surface area contributed by atoms with Gasteiger partial charge < -0.3 is 10.1 Å². The van der Waals surface area contributed by atoms with E-state index in [1.54, 1.807) is 18.7 Å². The third-order valence-corrected chi connectivity index (χ3v) is 7.33. The topological polar surface area (TPSA) is 84.5 Å². The normalized spacial score (nSPS) is 12.7. The summed E-state index contributed by atoms with van der Waals surface area (Å²) < 4.78 is 4.82. The van der Waals surface area contributed by atoms with Gasteiger partial charge in [-0.15, -0.1) is 23.1 Å². The minimum absolute atomic E-state index is 0.138. The number of aryl methyl sites for hydroxylation is 1. The third-order valence-electron chi connectivity index (χ3n) is 4.77. The van der Waals surface area contributed by atoms with Crippen LogP contribution in [0.25, 0.3) is 0 Å². The van der Waals surface area contributed by atoms with Crippen LogP contribution in [0.5, 0.6) is 0 Å². The zero-order valence-corrected chi connectivity index (χ0v) is 19.7. The second-order valence-corrected chi connectivity index (χ2v) is 9.75. The van der Waals surface area contributed by atoms with E-state index in [1.807, 2.05) is 24.3 Å². The fourth-order valence-electron chi connectivity index (χ4n) is 3.36. The minimum Gasteiger partial charge on any atom is -0.450 e. The highest BCUT2D eigenvalue weighted by atomic mass is 35.5. The number of hydrogen-bond acceptors (Lipinski definition) is 6. The van der Waals surface area contributed by atoms with Crippen LogP contribution in [0.1, 0.15) is 53.4 Å². The molecule has 0 bridgehead atoms. The van der Waals surface area contributed by atoms with Gasteiger partial charge in [-0.05, 0) is 74.6 Å². The number of imide groups is 1. The van der Waals surface area contributed by atoms with Crippen molar-refractivity contribution >= 4 is 57.6 Å². The van der Waals surface area contributed by atoms with Crippen LogP contribution >= 0.6 is 34.7 Å². The predicted molar refractivity (Wildman–Crippen MR) is 125 cm³/mol. The predicted octanol–water partition coefficient (Wildman–Crippen LogP) is 5.68. The number of fused-ring (bicyclic) bond motifs is 1. The molecule has 0 aliphatic heterocycles. The van der Waals surface area contributed by atoms with Crippen molar-refractivity contribution in [1.82, 2.24) is 5.32 Å². The Balaban J connectivity index is 1.59. The van der Waals surface area contributed by atoms with Gasteiger partial charge in [0.2, 0.25) is 5.91 Å². The number of alkyl carbamates (subject to hydrolysis) is 1. The monoisotopic (exact) mass is 480 g/mol. The van der Waals surface area contributed by atoms with Crippen molar-refractivity contribution in [1.29, 1.82) is 0 Å². The molecule has 0 spiro atoms. The van der Waals surface area contributed by atoms with E-state index >= 15 is 0 Å². The molecule has 3 amide bonds. The Morgan fingerprint density at radius 2 is 1.90 bits per heavy atom. The first-order chi connectivity index (χ1) is 15.0. The van der Waals surface area contributed by atoms with Crippen LogP contribution in [0.2, 0.25) is 5.02 Å². The average Bonchev–Trinajstić information content (AvgIpc) is 3.10. The zero-order valence-electron chi connectivity index (χ0n) is 17.3. The number of nitrogens with one attached hydrogen (secondary N) is 2. The minimum atomic E-state index is -0.778. The molecule has 0 radical (unpaired) electrons. The Morgan fingerprint density at radius 3 is 2.65 bits per heavy atom. The number of ether oxygens (including phenoxy) is 1. The highest BCUT2D eigenvalue weighted by molar-refractivity contribution is 7.99. The van der Waals surface area contributed by atoms with Crippen LogP contribution in [-0.4, -0.2) is 30.3 Å². The first-order valence-corrected chi connectivity index (χ1v) is 12.5. The summed E-state index contributed by atoms with van der Waals surface area (Å²) in [6, 6.07) is 7.60. The highest BCUT2D eigenvalue weighted by Gasteiger charge is 2.27. The molecule has 3 rings (SSSR count). The van der Waals surface area contributed by atoms with E-state index < -0.39 is 12.0 Å². The SMILES string of the molecule is CCOC(=O)NC(=O)c1c(NC(=O)CCCSc2ccc(Cl)cc2)sc2c1CCCC2. The smallest absolute Gasteiger partial charge is 0.414 e. The third kappa shape index (κ3) is 6.72. The number of anilines is 1. The van der Waals surface area contributed by atoms with Gasteiger partial charge in [0.05, 0.1) is 12.2 Å². The van der Waals surface area contributed by atoms with Crippen LogP contribution in [0.15, 0.2) is 29.2 Å². The molecule has 166 valence electrons. The Labute approximate surface area is 195 Å². The van der Waals surface area contributed by atoms with E-state index in [-0.39, 0.29) is 12.5 Å². The number of amides is 3. The number of thiophene rings is 1. The van der Waals surface area contributed by atoms with E-state index in [0.29, 0.717) is 28.4 Å². The summed E-state index contributed by atoms with van der Waals surface area (Å²) in [5, 5.41) is 6.38. The van der Waals surface area contributed by atoms with E-state index in [0.717, 1.165) is 46.8 Å². The fourth-order valence-corrected chi connectivity index (χ4v) is 5.64. The van der Waals surface area contributed by atoms with Gasteiger partial charge in [-0.2, -0.15) is 0 Å². The number of rotatable bonds is 8. The van der Waals surface area contributed by atoms with Gasteiger partial charge in [-0.25, -0.2) is 4.79 Å². The molecule has 0 fully saturated rings. The van der Waals surface area contributed by atoms with Crippen LogP contribution in [0.4, 0.5) is 9.80 Å². The Kier molecular flexibility index (Phi) is 8.80. The summed E-state index contributed by atoms with van der Waals surface area (Å²) in [6.07, 6.45) is 3.97. The number of carbonyl (C=O) groups is 3. The summed E-state index contributed by atoms with van der Waals surface area (Å²) in [5.74, 6) is 0.138. The lowest BCUT2D eigenvalue weighted by Crippen LogP contribution is -2.32. The van der Waals surface area contributed by atoms with Gasteiger partial charge in [0.15, 0.2) is 0 Å². The summed E-state index contributed by atoms with van der Waals surface area (Å²) >= 11 is 8.99. The molecule has 1 aliphatic rings. The van der Waals surface area contributed by atoms with E-state index in [4.69, 9.17) is 16.3 Å². The van der Waals surface area contributed by atoms with Gasteiger partial charge in [-0.1, -0.05) is 11.6 Å². The molecule has 1 aliphatic carbocycles. The summed E-state index contributed by atoms with van der Waals surface area (Å²) in [5.41, 5.74) is 1.34. The lowest BCUT2D eigenvalue weighted by molar-refractivity contribution is -0.116. The van der Waals surface area contributed by atoms with E-state index in [1.165, 1.54) is 11.3 Å². The van der Waals surface area contributed by atoms with Crippen molar-refractivity contribution in [3.05, 3.63) is 45.3 Å². The number of benzene rings is 1. The maximum absolute atomic E-state index is 12.7. The van der Waals surface area contributed by atoms with Crippen molar-refractivity contribution in [3.8, 4) is 0 Å². The fraction of sp³-hybridized carbons (Fsp3) is 0.409. The maximum atomic E-state index is 12.7. The van der Waals surface area contributed by atoms with Crippen LogP contribution in [0.3, 0.4) is 0 Å². The number of halogens is 1. The molecule has 2 N–H and O–H groups in total. The zero-order chi connectivity index (χ0) is 22.2. The molecule has 31 heavy (non-hydrogen) atoms. The number of carbonyl (C=O) groups excluding carboxylic acids is 3. The molecule has 2 aromatic rings. The molecule has 0 unspecified atom stereocenters. The van der Waals surface area contributed by atoms with Crippen LogP contribution in [-0.2, 0) is 22.4 Å². The quantitative estimate of drug-likeness (QED) is 0.375. The molecule has 9 heteroatoms. The number of hydrogen-bond donors (Lipinski definition) is 2. The van der Waals surface area contributed by atoms with Crippen molar-refractivity contribution in [2.24, 2.45) is 0 Å². The van der Waals surface area contributed by atoms with Gasteiger partial charge >= 0.3 is 6.09 Å². The average molecular weight is 481 g/mol. The molecule has 6 nitrogen and oxygen atoms in total. The van der Waals surface area contributed by atoms with Crippen LogP contribution in [0, 0.1) is 0 Å². The molecular formula is C22H25ClN2O4S2. The summed E-state index contributed by atoms with van der Waals surface area (Å²) in [7, 11) is 0. The maximum Gasteiger partial charge on any atom is 0.414 e. The second-order valence-electron chi connectivity index (χ2n) is 7.04. The molecule has 1 aromatic heterocycles. The van der Waals surface area contributed by atoms with Gasteiger partial charge in [0, 0.05) is 21.2 Å². The molecule has 0 atom stereocenters. The lowest BCUT2D eigenvalue weighted by atomic mass is 9.95. The molecule has 1 aromatic carbocycles. The first kappa shape index (κ1) is 23.6. The number of thioether (sulfide) groups is 1. The molecule has 0 saturated carbocycles. The largest absolute Gasteiger partial charge is 0.450 e. The standard InChI is InChI=1S/C22H25ClN2O4S2/c1-2-29-22(28)25-20(27)19-16-6-3-4-7-17(16)31-21(19)24-18(26)8-5-13-30-15-11-9-14(23)10-12-15/h9-12H,2-8,13H2,1H3,(H,24,26)(H,25,27,28). The summed E-state index contributed by atoms with van der Waals surface area (Å²) in [6.45, 7) is 1.85. The molecule has 1 heterocycles. The first-order valence-electron chi connectivity index (χ1n) is 10.3. The Bertz CT molecular complexity index is 944. The van der Waals surface area contributed by atoms with Crippen molar-refractivity contribution in [2.45, 2.75) is 50.3 Å². The molecular weight excluding hydrogens is 456 g/mol. The Morgan fingerprint density at radius 1 is 1.16 bits per heavy atom. The van der Waals surface area contributed by atoms with Gasteiger partial charge in [0.25, 0.3) is 5.91 Å². The second kappa shape index (κ2) is 11.5. The van der Waals surface area contributed by atoms with Gasteiger partial charge in [-0.3, -0.25) is 14.9 Å². The molecule has 0 saturated heterocycles.